The van der Waals surface area contributed by atoms with E-state index in [1.165, 1.54) is 19.2 Å². The number of halogens is 2. The molecule has 0 spiro atoms. The van der Waals surface area contributed by atoms with Gasteiger partial charge in [0, 0.05) is 13.0 Å². The molecule has 0 heterocycles. The maximum absolute atomic E-state index is 13.4. The third-order valence-electron chi connectivity index (χ3n) is 2.38. The normalized spacial score (nSPS) is 12.2. The van der Waals surface area contributed by atoms with Crippen molar-refractivity contribution in [2.24, 2.45) is 0 Å². The van der Waals surface area contributed by atoms with Crippen LogP contribution in [-0.4, -0.2) is 36.7 Å². The van der Waals surface area contributed by atoms with Crippen LogP contribution in [0, 0.1) is 5.82 Å². The van der Waals surface area contributed by atoms with E-state index in [0.717, 1.165) is 6.07 Å². The summed E-state index contributed by atoms with van der Waals surface area (Å²) in [6.07, 6.45) is 0.496. The summed E-state index contributed by atoms with van der Waals surface area (Å²) in [5.41, 5.74) is -0.367. The van der Waals surface area contributed by atoms with Crippen LogP contribution in [0.2, 0.25) is 0 Å². The molecule has 1 unspecified atom stereocenters. The average Bonchev–Trinajstić information content (AvgIpc) is 2.29. The first-order valence-corrected chi connectivity index (χ1v) is 5.96. The molecule has 0 aliphatic carbocycles. The number of benzene rings is 1. The van der Waals surface area contributed by atoms with Crippen LogP contribution in [0.4, 0.5) is 4.39 Å². The Labute approximate surface area is 110 Å². The van der Waals surface area contributed by atoms with Gasteiger partial charge in [0.15, 0.2) is 0 Å². The first-order valence-electron chi connectivity index (χ1n) is 5.43. The highest BCUT2D eigenvalue weighted by molar-refractivity contribution is 6.17. The third kappa shape index (κ3) is 3.85. The minimum absolute atomic E-state index is 0.272. The summed E-state index contributed by atoms with van der Waals surface area (Å²) in [4.78, 5) is 11.8. The molecule has 0 radical (unpaired) electrons. The molecule has 0 aromatic heterocycles. The number of alkyl halides is 1. The van der Waals surface area contributed by atoms with Gasteiger partial charge in [0.2, 0.25) is 0 Å². The second-order valence-corrected chi connectivity index (χ2v) is 4.12. The topological polar surface area (TPSA) is 58.6 Å². The minimum Gasteiger partial charge on any atom is -0.507 e. The molecule has 18 heavy (non-hydrogen) atoms. The molecule has 0 bridgehead atoms. The number of carbonyl (C=O) groups excluding carboxylic acids is 1. The number of amides is 1. The van der Waals surface area contributed by atoms with Crippen LogP contribution in [0.3, 0.4) is 0 Å². The number of methoxy groups -OCH3 is 1. The molecule has 6 heteroatoms. The molecule has 1 atom stereocenters. The summed E-state index contributed by atoms with van der Waals surface area (Å²) >= 11 is 5.59. The molecular weight excluding hydrogens is 261 g/mol. The molecule has 100 valence electrons. The van der Waals surface area contributed by atoms with Gasteiger partial charge in [-0.3, -0.25) is 4.79 Å². The van der Waals surface area contributed by atoms with E-state index >= 15 is 0 Å². The van der Waals surface area contributed by atoms with E-state index in [-0.39, 0.29) is 18.2 Å². The van der Waals surface area contributed by atoms with Gasteiger partial charge < -0.3 is 15.2 Å². The zero-order chi connectivity index (χ0) is 13.5. The Morgan fingerprint density at radius 1 is 1.61 bits per heavy atom. The van der Waals surface area contributed by atoms with E-state index in [1.54, 1.807) is 0 Å². The van der Waals surface area contributed by atoms with Crippen molar-refractivity contribution in [3.05, 3.63) is 29.6 Å². The lowest BCUT2D eigenvalue weighted by atomic mass is 10.1. The van der Waals surface area contributed by atoms with E-state index in [0.29, 0.717) is 12.3 Å². The fourth-order valence-corrected chi connectivity index (χ4v) is 1.79. The molecule has 0 saturated carbocycles. The molecule has 1 aromatic rings. The van der Waals surface area contributed by atoms with Gasteiger partial charge in [-0.1, -0.05) is 6.07 Å². The standard InChI is InChI=1S/C12H15ClFNO3/c1-18-7-8(5-6-13)15-12(17)11-9(14)3-2-4-10(11)16/h2-4,8,16H,5-7H2,1H3,(H,15,17). The number of phenolic OH excluding ortho intramolecular Hbond substituents is 1. The Morgan fingerprint density at radius 2 is 2.33 bits per heavy atom. The number of ether oxygens (including phenoxy) is 1. The lowest BCUT2D eigenvalue weighted by molar-refractivity contribution is 0.0888. The average molecular weight is 276 g/mol. The summed E-state index contributed by atoms with van der Waals surface area (Å²) in [6.45, 7) is 0.272. The Balaban J connectivity index is 2.80. The first kappa shape index (κ1) is 14.7. The Bertz CT molecular complexity index is 388. The van der Waals surface area contributed by atoms with Crippen LogP contribution in [0.25, 0.3) is 0 Å². The lowest BCUT2D eigenvalue weighted by Crippen LogP contribution is -2.38. The highest BCUT2D eigenvalue weighted by Crippen LogP contribution is 2.19. The van der Waals surface area contributed by atoms with Crippen LogP contribution in [-0.2, 0) is 4.74 Å². The quantitative estimate of drug-likeness (QED) is 0.780. The van der Waals surface area contributed by atoms with Gasteiger partial charge in [-0.05, 0) is 18.6 Å². The summed E-state index contributed by atoms with van der Waals surface area (Å²) < 4.78 is 18.4. The van der Waals surface area contributed by atoms with Gasteiger partial charge in [0.05, 0.1) is 12.6 Å². The van der Waals surface area contributed by atoms with Gasteiger partial charge in [-0.25, -0.2) is 4.39 Å². The molecule has 0 aliphatic heterocycles. The van der Waals surface area contributed by atoms with Crippen molar-refractivity contribution in [3.63, 3.8) is 0 Å². The summed E-state index contributed by atoms with van der Waals surface area (Å²) in [6, 6.07) is 3.37. The van der Waals surface area contributed by atoms with Gasteiger partial charge in [-0.2, -0.15) is 0 Å². The molecule has 1 aromatic carbocycles. The van der Waals surface area contributed by atoms with Crippen molar-refractivity contribution in [2.75, 3.05) is 19.6 Å². The summed E-state index contributed by atoms with van der Waals surface area (Å²) in [7, 11) is 1.49. The second-order valence-electron chi connectivity index (χ2n) is 3.74. The SMILES string of the molecule is COCC(CCCl)NC(=O)c1c(O)cccc1F. The van der Waals surface area contributed by atoms with E-state index in [1.807, 2.05) is 0 Å². The van der Waals surface area contributed by atoms with Gasteiger partial charge in [0.1, 0.15) is 17.1 Å². The predicted molar refractivity (Wildman–Crippen MR) is 66.5 cm³/mol. The number of phenols is 1. The van der Waals surface area contributed by atoms with Crippen LogP contribution < -0.4 is 5.32 Å². The molecule has 2 N–H and O–H groups in total. The molecule has 1 rings (SSSR count). The monoisotopic (exact) mass is 275 g/mol. The van der Waals surface area contributed by atoms with Crippen molar-refractivity contribution >= 4 is 17.5 Å². The van der Waals surface area contributed by atoms with E-state index in [9.17, 15) is 14.3 Å². The molecule has 0 aliphatic rings. The van der Waals surface area contributed by atoms with Crippen LogP contribution >= 0.6 is 11.6 Å². The predicted octanol–water partition coefficient (Wildman–Crippen LogP) is 1.90. The van der Waals surface area contributed by atoms with Crippen LogP contribution in [0.5, 0.6) is 5.75 Å². The molecular formula is C12H15ClFNO3. The largest absolute Gasteiger partial charge is 0.507 e. The second kappa shape index (κ2) is 7.18. The number of aromatic hydroxyl groups is 1. The molecule has 0 saturated heterocycles. The molecule has 4 nitrogen and oxygen atoms in total. The highest BCUT2D eigenvalue weighted by Gasteiger charge is 2.19. The fourth-order valence-electron chi connectivity index (χ4n) is 1.53. The number of hydrogen-bond acceptors (Lipinski definition) is 3. The Kier molecular flexibility index (Phi) is 5.88. The van der Waals surface area contributed by atoms with Crippen LogP contribution in [0.15, 0.2) is 18.2 Å². The van der Waals surface area contributed by atoms with Gasteiger partial charge in [-0.15, -0.1) is 11.6 Å². The summed E-state index contributed by atoms with van der Waals surface area (Å²) in [5, 5.41) is 12.0. The fraction of sp³-hybridized carbons (Fsp3) is 0.417. The first-order chi connectivity index (χ1) is 8.60. The smallest absolute Gasteiger partial charge is 0.258 e. The van der Waals surface area contributed by atoms with Crippen molar-refractivity contribution in [3.8, 4) is 5.75 Å². The summed E-state index contributed by atoms with van der Waals surface area (Å²) in [5.74, 6) is -1.50. The zero-order valence-corrected chi connectivity index (χ0v) is 10.7. The van der Waals surface area contributed by atoms with Crippen molar-refractivity contribution in [1.29, 1.82) is 0 Å². The van der Waals surface area contributed by atoms with E-state index < -0.39 is 17.5 Å². The van der Waals surface area contributed by atoms with Gasteiger partial charge in [0.25, 0.3) is 5.91 Å². The Hall–Kier alpha value is -1.33. The number of nitrogens with one attached hydrogen (secondary N) is 1. The number of rotatable bonds is 6. The van der Waals surface area contributed by atoms with E-state index in [2.05, 4.69) is 5.32 Å². The van der Waals surface area contributed by atoms with Crippen molar-refractivity contribution < 1.29 is 19.0 Å². The minimum atomic E-state index is -0.769. The molecule has 0 fully saturated rings. The van der Waals surface area contributed by atoms with Crippen molar-refractivity contribution in [1.82, 2.24) is 5.32 Å². The third-order valence-corrected chi connectivity index (χ3v) is 2.60. The zero-order valence-electron chi connectivity index (χ0n) is 9.95. The van der Waals surface area contributed by atoms with Gasteiger partial charge >= 0.3 is 0 Å². The Morgan fingerprint density at radius 3 is 2.89 bits per heavy atom. The van der Waals surface area contributed by atoms with Crippen LogP contribution in [0.1, 0.15) is 16.8 Å². The number of carbonyl (C=O) groups is 1. The van der Waals surface area contributed by atoms with Crippen molar-refractivity contribution in [2.45, 2.75) is 12.5 Å². The lowest BCUT2D eigenvalue weighted by Gasteiger charge is -2.17. The highest BCUT2D eigenvalue weighted by atomic mass is 35.5. The maximum atomic E-state index is 13.4. The number of hydrogen-bond donors (Lipinski definition) is 2. The maximum Gasteiger partial charge on any atom is 0.258 e. The molecule has 1 amide bonds. The van der Waals surface area contributed by atoms with E-state index in [4.69, 9.17) is 16.3 Å².